The van der Waals surface area contributed by atoms with Gasteiger partial charge in [-0.15, -0.1) is 0 Å². The number of aryl methyl sites for hydroxylation is 1. The molecule has 10 nitrogen and oxygen atoms in total. The van der Waals surface area contributed by atoms with Crippen LogP contribution in [0.25, 0.3) is 22.2 Å². The van der Waals surface area contributed by atoms with E-state index < -0.39 is 22.0 Å². The van der Waals surface area contributed by atoms with Gasteiger partial charge >= 0.3 is 5.69 Å². The fourth-order valence-electron chi connectivity index (χ4n) is 3.53. The monoisotopic (exact) mass is 420 g/mol. The Morgan fingerprint density at radius 1 is 1.03 bits per heavy atom. The number of carbonyl (C=O) groups is 1. The van der Waals surface area contributed by atoms with E-state index in [1.54, 1.807) is 12.1 Å². The molecule has 10 heteroatoms. The summed E-state index contributed by atoms with van der Waals surface area (Å²) in [6.07, 6.45) is 0. The first-order chi connectivity index (χ1) is 14.7. The molecule has 4 aromatic rings. The molecule has 0 amide bonds. The second kappa shape index (κ2) is 7.10. The van der Waals surface area contributed by atoms with E-state index in [-0.39, 0.29) is 39.3 Å². The Hall–Kier alpha value is -4.47. The first-order valence-corrected chi connectivity index (χ1v) is 9.11. The van der Waals surface area contributed by atoms with Gasteiger partial charge in [-0.2, -0.15) is 0 Å². The highest BCUT2D eigenvalue weighted by molar-refractivity contribution is 6.17. The largest absolute Gasteiger partial charge is 0.507 e. The van der Waals surface area contributed by atoms with Crippen LogP contribution in [0.3, 0.4) is 0 Å². The molecule has 2 aromatic heterocycles. The zero-order valence-corrected chi connectivity index (χ0v) is 16.4. The summed E-state index contributed by atoms with van der Waals surface area (Å²) >= 11 is 0. The number of non-ortho nitro benzene ring substituents is 1. The van der Waals surface area contributed by atoms with Gasteiger partial charge in [0.15, 0.2) is 0 Å². The van der Waals surface area contributed by atoms with E-state index in [0.29, 0.717) is 5.56 Å². The number of aromatic hydroxyl groups is 1. The standard InChI is InChI=1S/C21H16N4O6/c1-23-19-16(20(28)24(2)21(23)29)15(11-7-9-12(10-8-11)25(30)31)17(22-19)18(27)13-5-3-4-6-14(13)26/h3-10,22,26H,1-2H3. The zero-order chi connectivity index (χ0) is 22.4. The van der Waals surface area contributed by atoms with Gasteiger partial charge in [0.25, 0.3) is 11.2 Å². The van der Waals surface area contributed by atoms with Crippen LogP contribution in [0, 0.1) is 10.1 Å². The van der Waals surface area contributed by atoms with E-state index in [1.807, 2.05) is 0 Å². The van der Waals surface area contributed by atoms with Crippen molar-refractivity contribution in [3.63, 3.8) is 0 Å². The smallest absolute Gasteiger partial charge is 0.332 e. The lowest BCUT2D eigenvalue weighted by atomic mass is 9.98. The molecular formula is C21H16N4O6. The summed E-state index contributed by atoms with van der Waals surface area (Å²) in [6.45, 7) is 0. The molecule has 0 saturated carbocycles. The number of fused-ring (bicyclic) bond motifs is 1. The maximum atomic E-state index is 13.3. The van der Waals surface area contributed by atoms with Crippen molar-refractivity contribution in [2.24, 2.45) is 14.1 Å². The third-order valence-electron chi connectivity index (χ3n) is 5.15. The summed E-state index contributed by atoms with van der Waals surface area (Å²) in [7, 11) is 2.77. The predicted molar refractivity (Wildman–Crippen MR) is 112 cm³/mol. The molecule has 0 saturated heterocycles. The van der Waals surface area contributed by atoms with Crippen LogP contribution in [0.4, 0.5) is 5.69 Å². The van der Waals surface area contributed by atoms with Gasteiger partial charge in [-0.25, -0.2) is 4.79 Å². The molecule has 2 heterocycles. The molecule has 0 fully saturated rings. The molecule has 0 aliphatic heterocycles. The van der Waals surface area contributed by atoms with Gasteiger partial charge in [0.1, 0.15) is 11.4 Å². The highest BCUT2D eigenvalue weighted by atomic mass is 16.6. The Bertz CT molecular complexity index is 1490. The molecule has 0 spiro atoms. The number of phenols is 1. The Morgan fingerprint density at radius 3 is 2.29 bits per heavy atom. The SMILES string of the molecule is Cn1c(=O)c2c(-c3ccc([N+](=O)[O-])cc3)c(C(=O)c3ccccc3O)[nH]c2n(C)c1=O. The number of nitrogens with zero attached hydrogens (tertiary/aromatic N) is 3. The molecular weight excluding hydrogens is 404 g/mol. The van der Waals surface area contributed by atoms with Gasteiger partial charge in [0.05, 0.1) is 21.6 Å². The van der Waals surface area contributed by atoms with Crippen molar-refractivity contribution >= 4 is 22.5 Å². The average Bonchev–Trinajstić information content (AvgIpc) is 3.17. The molecule has 0 aliphatic rings. The fraction of sp³-hybridized carbons (Fsp3) is 0.0952. The Balaban J connectivity index is 2.11. The lowest BCUT2D eigenvalue weighted by Gasteiger charge is -2.07. The molecule has 0 radical (unpaired) electrons. The third kappa shape index (κ3) is 3.01. The van der Waals surface area contributed by atoms with E-state index in [0.717, 1.165) is 4.57 Å². The van der Waals surface area contributed by atoms with Crippen LogP contribution in [0.5, 0.6) is 5.75 Å². The van der Waals surface area contributed by atoms with Crippen LogP contribution >= 0.6 is 0 Å². The maximum Gasteiger partial charge on any atom is 0.332 e. The quantitative estimate of drug-likeness (QED) is 0.294. The number of hydrogen-bond donors (Lipinski definition) is 2. The molecule has 0 bridgehead atoms. The Morgan fingerprint density at radius 2 is 1.68 bits per heavy atom. The number of nitro benzene ring substituents is 1. The Kier molecular flexibility index (Phi) is 4.54. The van der Waals surface area contributed by atoms with Gasteiger partial charge < -0.3 is 10.1 Å². The normalized spacial score (nSPS) is 11.0. The van der Waals surface area contributed by atoms with Crippen LogP contribution in [0.2, 0.25) is 0 Å². The van der Waals surface area contributed by atoms with Crippen molar-refractivity contribution in [2.75, 3.05) is 0 Å². The van der Waals surface area contributed by atoms with Gasteiger partial charge in [0.2, 0.25) is 5.78 Å². The van der Waals surface area contributed by atoms with Crippen LogP contribution in [-0.2, 0) is 14.1 Å². The summed E-state index contributed by atoms with van der Waals surface area (Å²) < 4.78 is 2.12. The summed E-state index contributed by atoms with van der Waals surface area (Å²) in [5.41, 5.74) is -0.712. The molecule has 0 aliphatic carbocycles. The number of phenolic OH excluding ortho intramolecular Hbond substituents is 1. The highest BCUT2D eigenvalue weighted by Gasteiger charge is 2.26. The molecule has 0 atom stereocenters. The van der Waals surface area contributed by atoms with Crippen molar-refractivity contribution in [3.8, 4) is 16.9 Å². The van der Waals surface area contributed by atoms with E-state index >= 15 is 0 Å². The number of nitro groups is 1. The van der Waals surface area contributed by atoms with Crippen molar-refractivity contribution in [2.45, 2.75) is 0 Å². The molecule has 156 valence electrons. The van der Waals surface area contributed by atoms with E-state index in [1.165, 1.54) is 55.1 Å². The number of nitrogens with one attached hydrogen (secondary N) is 1. The van der Waals surface area contributed by atoms with Gasteiger partial charge in [-0.1, -0.05) is 12.1 Å². The molecule has 0 unspecified atom stereocenters. The van der Waals surface area contributed by atoms with Crippen LogP contribution in [-0.4, -0.2) is 29.9 Å². The number of carbonyl (C=O) groups excluding carboxylic acids is 1. The van der Waals surface area contributed by atoms with E-state index in [2.05, 4.69) is 4.98 Å². The minimum Gasteiger partial charge on any atom is -0.507 e. The highest BCUT2D eigenvalue weighted by Crippen LogP contribution is 2.33. The van der Waals surface area contributed by atoms with Crippen LogP contribution < -0.4 is 11.2 Å². The van der Waals surface area contributed by atoms with Gasteiger partial charge in [-0.05, 0) is 29.8 Å². The van der Waals surface area contributed by atoms with E-state index in [9.17, 15) is 29.6 Å². The fourth-order valence-corrected chi connectivity index (χ4v) is 3.53. The Labute approximate surface area is 173 Å². The lowest BCUT2D eigenvalue weighted by molar-refractivity contribution is -0.384. The first-order valence-electron chi connectivity index (χ1n) is 9.11. The number of rotatable bonds is 4. The minimum atomic E-state index is -0.626. The second-order valence-electron chi connectivity index (χ2n) is 6.95. The minimum absolute atomic E-state index is 0.000887. The van der Waals surface area contributed by atoms with Crippen LogP contribution in [0.15, 0.2) is 58.1 Å². The third-order valence-corrected chi connectivity index (χ3v) is 5.15. The number of ketones is 1. The molecule has 31 heavy (non-hydrogen) atoms. The topological polar surface area (TPSA) is 140 Å². The number of benzene rings is 2. The number of para-hydroxylation sites is 1. The summed E-state index contributed by atoms with van der Waals surface area (Å²) in [6, 6.07) is 11.3. The lowest BCUT2D eigenvalue weighted by Crippen LogP contribution is -2.36. The first kappa shape index (κ1) is 19.8. The van der Waals surface area contributed by atoms with Crippen molar-refractivity contribution in [1.29, 1.82) is 0 Å². The zero-order valence-electron chi connectivity index (χ0n) is 16.4. The van der Waals surface area contributed by atoms with Crippen molar-refractivity contribution in [1.82, 2.24) is 14.1 Å². The molecule has 2 N–H and O–H groups in total. The van der Waals surface area contributed by atoms with Gasteiger partial charge in [-0.3, -0.25) is 28.8 Å². The number of H-pyrrole nitrogens is 1. The summed E-state index contributed by atoms with van der Waals surface area (Å²) in [5.74, 6) is -0.847. The van der Waals surface area contributed by atoms with Crippen molar-refractivity contribution < 1.29 is 14.8 Å². The van der Waals surface area contributed by atoms with Crippen molar-refractivity contribution in [3.05, 3.63) is 90.7 Å². The molecule has 4 rings (SSSR count). The van der Waals surface area contributed by atoms with E-state index in [4.69, 9.17) is 0 Å². The second-order valence-corrected chi connectivity index (χ2v) is 6.95. The summed E-state index contributed by atoms with van der Waals surface area (Å²) in [4.78, 5) is 52.0. The summed E-state index contributed by atoms with van der Waals surface area (Å²) in [5, 5.41) is 21.2. The molecule has 2 aromatic carbocycles. The average molecular weight is 420 g/mol. The maximum absolute atomic E-state index is 13.3. The number of aromatic nitrogens is 3. The van der Waals surface area contributed by atoms with Crippen LogP contribution in [0.1, 0.15) is 16.1 Å². The number of hydrogen-bond acceptors (Lipinski definition) is 6. The van der Waals surface area contributed by atoms with Gasteiger partial charge in [0, 0.05) is 31.8 Å². The number of aromatic amines is 1. The predicted octanol–water partition coefficient (Wildman–Crippen LogP) is 2.08.